The molecule has 1 aromatic heterocycles. The van der Waals surface area contributed by atoms with E-state index in [1.54, 1.807) is 25.3 Å². The Morgan fingerprint density at radius 3 is 2.88 bits per heavy atom. The Morgan fingerprint density at radius 2 is 2.24 bits per heavy atom. The van der Waals surface area contributed by atoms with Crippen molar-refractivity contribution in [3.63, 3.8) is 0 Å². The summed E-state index contributed by atoms with van der Waals surface area (Å²) < 4.78 is 10.6. The molecule has 0 aliphatic carbocycles. The summed E-state index contributed by atoms with van der Waals surface area (Å²) in [6, 6.07) is 5.50. The molecule has 0 atom stereocenters. The molecule has 2 rings (SSSR count). The second kappa shape index (κ2) is 4.67. The Bertz CT molecular complexity index is 537. The van der Waals surface area contributed by atoms with Crippen molar-refractivity contribution in [2.24, 2.45) is 0 Å². The van der Waals surface area contributed by atoms with E-state index in [1.807, 2.05) is 6.92 Å². The van der Waals surface area contributed by atoms with Crippen LogP contribution in [-0.4, -0.2) is 12.1 Å². The molecule has 0 saturated carbocycles. The fraction of sp³-hybridized carbons (Fsp3) is 0.250. The minimum absolute atomic E-state index is 0.152. The predicted molar refractivity (Wildman–Crippen MR) is 67.3 cm³/mol. The predicted octanol–water partition coefficient (Wildman–Crippen LogP) is 3.15. The summed E-state index contributed by atoms with van der Waals surface area (Å²) in [7, 11) is 1.60. The molecular weight excluding hydrogens is 240 g/mol. The highest BCUT2D eigenvalue weighted by Crippen LogP contribution is 2.34. The molecular formula is C12H13ClN2O2. The van der Waals surface area contributed by atoms with Gasteiger partial charge >= 0.3 is 0 Å². The number of halogens is 1. The molecule has 0 unspecified atom stereocenters. The van der Waals surface area contributed by atoms with Crippen LogP contribution in [0.15, 0.2) is 22.6 Å². The number of nitrogens with zero attached hydrogens (tertiary/aromatic N) is 1. The van der Waals surface area contributed by atoms with Crippen LogP contribution in [0.1, 0.15) is 12.7 Å². The number of methoxy groups -OCH3 is 1. The zero-order chi connectivity index (χ0) is 12.4. The molecule has 0 fully saturated rings. The maximum atomic E-state index is 5.98. The molecule has 0 amide bonds. The van der Waals surface area contributed by atoms with Gasteiger partial charge in [0.1, 0.15) is 17.2 Å². The number of ether oxygens (including phenoxy) is 1. The van der Waals surface area contributed by atoms with Gasteiger partial charge in [-0.05, 0) is 18.2 Å². The first-order valence-electron chi connectivity index (χ1n) is 5.24. The molecule has 2 N–H and O–H groups in total. The van der Waals surface area contributed by atoms with Gasteiger partial charge in [0.05, 0.1) is 7.11 Å². The monoisotopic (exact) mass is 252 g/mol. The number of aryl methyl sites for hydroxylation is 1. The van der Waals surface area contributed by atoms with Gasteiger partial charge in [-0.1, -0.05) is 18.5 Å². The van der Waals surface area contributed by atoms with E-state index < -0.39 is 0 Å². The number of hydrogen-bond donors (Lipinski definition) is 1. The van der Waals surface area contributed by atoms with Crippen LogP contribution in [0, 0.1) is 0 Å². The maximum Gasteiger partial charge on any atom is 0.292 e. The molecule has 0 aliphatic rings. The highest BCUT2D eigenvalue weighted by atomic mass is 35.5. The summed E-state index contributed by atoms with van der Waals surface area (Å²) in [6.45, 7) is 1.97. The molecule has 0 aliphatic heterocycles. The molecule has 90 valence electrons. The first kappa shape index (κ1) is 11.8. The summed E-state index contributed by atoms with van der Waals surface area (Å²) in [6.07, 6.45) is 0.704. The van der Waals surface area contributed by atoms with Crippen molar-refractivity contribution < 1.29 is 9.15 Å². The second-order valence-electron chi connectivity index (χ2n) is 3.52. The van der Waals surface area contributed by atoms with Crippen molar-refractivity contribution in [3.05, 3.63) is 29.0 Å². The second-order valence-corrected chi connectivity index (χ2v) is 3.96. The van der Waals surface area contributed by atoms with Crippen LogP contribution in [0.4, 0.5) is 6.01 Å². The van der Waals surface area contributed by atoms with Crippen LogP contribution in [-0.2, 0) is 6.42 Å². The highest BCUT2D eigenvalue weighted by Gasteiger charge is 2.16. The third-order valence-corrected chi connectivity index (χ3v) is 2.69. The summed E-state index contributed by atoms with van der Waals surface area (Å²) in [5.74, 6) is 1.42. The molecule has 17 heavy (non-hydrogen) atoms. The number of nitrogen functional groups attached to an aromatic ring is 1. The Labute approximate surface area is 104 Å². The molecule has 0 saturated heterocycles. The zero-order valence-electron chi connectivity index (χ0n) is 9.66. The van der Waals surface area contributed by atoms with Crippen LogP contribution in [0.5, 0.6) is 5.75 Å². The van der Waals surface area contributed by atoms with Crippen LogP contribution < -0.4 is 10.5 Å². The zero-order valence-corrected chi connectivity index (χ0v) is 10.4. The number of anilines is 1. The van der Waals surface area contributed by atoms with Gasteiger partial charge < -0.3 is 14.9 Å². The highest BCUT2D eigenvalue weighted by molar-refractivity contribution is 6.31. The van der Waals surface area contributed by atoms with E-state index in [2.05, 4.69) is 4.98 Å². The number of aromatic nitrogens is 1. The van der Waals surface area contributed by atoms with E-state index in [9.17, 15) is 0 Å². The van der Waals surface area contributed by atoms with Gasteiger partial charge in [0.15, 0.2) is 0 Å². The fourth-order valence-corrected chi connectivity index (χ4v) is 1.86. The minimum Gasteiger partial charge on any atom is -0.496 e. The third kappa shape index (κ3) is 2.22. The van der Waals surface area contributed by atoms with Gasteiger partial charge in [-0.2, -0.15) is 4.98 Å². The van der Waals surface area contributed by atoms with E-state index in [0.29, 0.717) is 22.9 Å². The van der Waals surface area contributed by atoms with Gasteiger partial charge in [-0.15, -0.1) is 0 Å². The Kier molecular flexibility index (Phi) is 3.24. The number of hydrogen-bond acceptors (Lipinski definition) is 4. The van der Waals surface area contributed by atoms with Gasteiger partial charge in [0.2, 0.25) is 0 Å². The van der Waals surface area contributed by atoms with E-state index >= 15 is 0 Å². The van der Waals surface area contributed by atoms with Crippen molar-refractivity contribution in [2.45, 2.75) is 13.3 Å². The van der Waals surface area contributed by atoms with Gasteiger partial charge in [0, 0.05) is 17.0 Å². The van der Waals surface area contributed by atoms with Crippen LogP contribution in [0.2, 0.25) is 5.02 Å². The fourth-order valence-electron chi connectivity index (χ4n) is 1.69. The quantitative estimate of drug-likeness (QED) is 0.912. The number of oxazole rings is 1. The van der Waals surface area contributed by atoms with Crippen molar-refractivity contribution in [1.29, 1.82) is 0 Å². The van der Waals surface area contributed by atoms with E-state index in [4.69, 9.17) is 26.5 Å². The van der Waals surface area contributed by atoms with E-state index in [-0.39, 0.29) is 6.01 Å². The van der Waals surface area contributed by atoms with Crippen LogP contribution in [0.3, 0.4) is 0 Å². The molecule has 0 radical (unpaired) electrons. The summed E-state index contributed by atoms with van der Waals surface area (Å²) in [5.41, 5.74) is 7.04. The Balaban J connectivity index is 2.61. The maximum absolute atomic E-state index is 5.98. The lowest BCUT2D eigenvalue weighted by Gasteiger charge is -2.07. The van der Waals surface area contributed by atoms with Gasteiger partial charge in [-0.25, -0.2) is 0 Å². The lowest BCUT2D eigenvalue weighted by atomic mass is 10.1. The number of nitrogens with two attached hydrogens (primary N) is 1. The standard InChI is InChI=1S/C12H13ClN2O2/c1-3-9-11(15-12(14)17-9)8-6-7(13)4-5-10(8)16-2/h4-6H,3H2,1-2H3,(H2,14,15). The van der Waals surface area contributed by atoms with Gasteiger partial charge in [-0.3, -0.25) is 0 Å². The first-order valence-corrected chi connectivity index (χ1v) is 5.62. The van der Waals surface area contributed by atoms with Crippen molar-refractivity contribution in [2.75, 3.05) is 12.8 Å². The minimum atomic E-state index is 0.152. The normalized spacial score (nSPS) is 10.5. The third-order valence-electron chi connectivity index (χ3n) is 2.45. The Morgan fingerprint density at radius 1 is 1.47 bits per heavy atom. The molecule has 0 spiro atoms. The topological polar surface area (TPSA) is 61.3 Å². The lowest BCUT2D eigenvalue weighted by molar-refractivity contribution is 0.416. The Hall–Kier alpha value is -1.68. The number of rotatable bonds is 3. The molecule has 1 heterocycles. The van der Waals surface area contributed by atoms with Crippen molar-refractivity contribution in [3.8, 4) is 17.0 Å². The molecule has 0 bridgehead atoms. The first-order chi connectivity index (χ1) is 8.15. The molecule has 5 heteroatoms. The SMILES string of the molecule is CCc1oc(N)nc1-c1cc(Cl)ccc1OC. The van der Waals surface area contributed by atoms with Crippen LogP contribution in [0.25, 0.3) is 11.3 Å². The van der Waals surface area contributed by atoms with Crippen molar-refractivity contribution >= 4 is 17.6 Å². The number of benzene rings is 1. The summed E-state index contributed by atoms with van der Waals surface area (Å²) in [4.78, 5) is 4.17. The van der Waals surface area contributed by atoms with Crippen molar-refractivity contribution in [1.82, 2.24) is 4.98 Å². The van der Waals surface area contributed by atoms with Crippen LogP contribution >= 0.6 is 11.6 Å². The van der Waals surface area contributed by atoms with E-state index in [0.717, 1.165) is 11.3 Å². The average Bonchev–Trinajstić information content (AvgIpc) is 2.70. The largest absolute Gasteiger partial charge is 0.496 e. The average molecular weight is 253 g/mol. The summed E-state index contributed by atoms with van der Waals surface area (Å²) in [5, 5.41) is 0.615. The molecule has 4 nitrogen and oxygen atoms in total. The van der Waals surface area contributed by atoms with Gasteiger partial charge in [0.25, 0.3) is 6.01 Å². The molecule has 1 aromatic carbocycles. The summed E-state index contributed by atoms with van der Waals surface area (Å²) >= 11 is 5.98. The van der Waals surface area contributed by atoms with E-state index in [1.165, 1.54) is 0 Å². The molecule has 2 aromatic rings. The smallest absolute Gasteiger partial charge is 0.292 e. The lowest BCUT2D eigenvalue weighted by Crippen LogP contribution is -1.91.